The van der Waals surface area contributed by atoms with Crippen molar-refractivity contribution in [1.82, 2.24) is 9.88 Å². The zero-order valence-corrected chi connectivity index (χ0v) is 15.1. The van der Waals surface area contributed by atoms with Crippen LogP contribution in [0.15, 0.2) is 24.4 Å². The zero-order chi connectivity index (χ0) is 18.2. The molecule has 0 spiro atoms. The minimum Gasteiger partial charge on any atom is -0.444 e. The number of rotatable bonds is 4. The molecule has 2 aliphatic rings. The molecule has 134 valence electrons. The third-order valence-corrected chi connectivity index (χ3v) is 4.44. The van der Waals surface area contributed by atoms with Crippen LogP contribution >= 0.6 is 0 Å². The molecule has 1 aliphatic carbocycles. The first-order valence-corrected chi connectivity index (χ1v) is 8.74. The summed E-state index contributed by atoms with van der Waals surface area (Å²) in [5, 5.41) is 8.25. The fraction of sp³-hybridized carbons (Fsp3) is 0.526. The molecule has 0 aromatic carbocycles. The van der Waals surface area contributed by atoms with E-state index in [2.05, 4.69) is 0 Å². The summed E-state index contributed by atoms with van der Waals surface area (Å²) in [6.07, 6.45) is 3.32. The minimum atomic E-state index is -0.482. The Morgan fingerprint density at radius 3 is 2.60 bits per heavy atom. The number of hydrogen-bond donors (Lipinski definition) is 2. The SMILES string of the molecule is CC(C)(C)OC(=O)N1CC(c2cccc(/C(=C/N)C(=N)C3CC3)n2)C1. The Bertz CT molecular complexity index is 710. The van der Waals surface area contributed by atoms with Crippen LogP contribution < -0.4 is 5.73 Å². The van der Waals surface area contributed by atoms with Gasteiger partial charge in [-0.1, -0.05) is 6.07 Å². The van der Waals surface area contributed by atoms with Crippen LogP contribution in [0.1, 0.15) is 50.9 Å². The van der Waals surface area contributed by atoms with E-state index in [0.29, 0.717) is 30.3 Å². The normalized spacial score (nSPS) is 18.7. The highest BCUT2D eigenvalue weighted by atomic mass is 16.6. The van der Waals surface area contributed by atoms with Crippen molar-refractivity contribution in [3.63, 3.8) is 0 Å². The molecule has 1 aromatic heterocycles. The first-order chi connectivity index (χ1) is 11.8. The molecule has 0 unspecified atom stereocenters. The quantitative estimate of drug-likeness (QED) is 0.822. The van der Waals surface area contributed by atoms with E-state index >= 15 is 0 Å². The summed E-state index contributed by atoms with van der Waals surface area (Å²) in [5.74, 6) is 0.522. The van der Waals surface area contributed by atoms with E-state index in [1.165, 1.54) is 6.20 Å². The summed E-state index contributed by atoms with van der Waals surface area (Å²) in [6.45, 7) is 6.80. The van der Waals surface area contributed by atoms with E-state index in [1.807, 2.05) is 39.0 Å². The summed E-state index contributed by atoms with van der Waals surface area (Å²) in [7, 11) is 0. The number of nitrogens with one attached hydrogen (secondary N) is 1. The Hall–Kier alpha value is -2.37. The summed E-state index contributed by atoms with van der Waals surface area (Å²) >= 11 is 0. The summed E-state index contributed by atoms with van der Waals surface area (Å²) in [4.78, 5) is 18.4. The van der Waals surface area contributed by atoms with Crippen LogP contribution in [0.25, 0.3) is 5.57 Å². The monoisotopic (exact) mass is 342 g/mol. The van der Waals surface area contributed by atoms with Gasteiger partial charge in [0.2, 0.25) is 0 Å². The molecule has 6 nitrogen and oxygen atoms in total. The Kier molecular flexibility index (Phi) is 4.54. The number of aromatic nitrogens is 1. The van der Waals surface area contributed by atoms with Gasteiger partial charge in [0.05, 0.1) is 5.69 Å². The fourth-order valence-corrected chi connectivity index (χ4v) is 2.88. The van der Waals surface area contributed by atoms with Gasteiger partial charge in [-0.05, 0) is 45.7 Å². The van der Waals surface area contributed by atoms with Crippen LogP contribution in [0, 0.1) is 11.3 Å². The van der Waals surface area contributed by atoms with E-state index in [0.717, 1.165) is 24.2 Å². The number of amides is 1. The van der Waals surface area contributed by atoms with Crippen LogP contribution in [-0.2, 0) is 4.74 Å². The van der Waals surface area contributed by atoms with E-state index in [1.54, 1.807) is 4.90 Å². The molecule has 1 aliphatic heterocycles. The second kappa shape index (κ2) is 6.50. The average Bonchev–Trinajstić information content (AvgIpc) is 3.29. The molecular weight excluding hydrogens is 316 g/mol. The molecule has 1 amide bonds. The van der Waals surface area contributed by atoms with Gasteiger partial charge in [-0.2, -0.15) is 0 Å². The molecule has 3 N–H and O–H groups in total. The Morgan fingerprint density at radius 1 is 1.36 bits per heavy atom. The number of nitrogens with two attached hydrogens (primary N) is 1. The molecule has 6 heteroatoms. The summed E-state index contributed by atoms with van der Waals surface area (Å²) < 4.78 is 5.38. The standard InChI is InChI=1S/C19H26N4O2/c1-19(2,3)25-18(24)23-10-13(11-23)15-5-4-6-16(22-15)14(9-20)17(21)12-7-8-12/h4-6,9,12-13,21H,7-8,10-11,20H2,1-3H3/b14-9-,21-17?. The summed E-state index contributed by atoms with van der Waals surface area (Å²) in [6, 6.07) is 5.80. The molecule has 0 bridgehead atoms. The number of carbonyl (C=O) groups is 1. The van der Waals surface area contributed by atoms with Gasteiger partial charge in [0.25, 0.3) is 0 Å². The maximum Gasteiger partial charge on any atom is 0.410 e. The highest BCUT2D eigenvalue weighted by molar-refractivity contribution is 6.23. The van der Waals surface area contributed by atoms with Crippen molar-refractivity contribution in [3.05, 3.63) is 35.8 Å². The maximum absolute atomic E-state index is 12.0. The van der Waals surface area contributed by atoms with E-state index in [9.17, 15) is 4.79 Å². The number of pyridine rings is 1. The molecule has 0 atom stereocenters. The summed E-state index contributed by atoms with van der Waals surface area (Å²) in [5.41, 5.74) is 8.24. The second-order valence-corrected chi connectivity index (χ2v) is 7.80. The molecule has 1 saturated carbocycles. The molecule has 25 heavy (non-hydrogen) atoms. The lowest BCUT2D eigenvalue weighted by Gasteiger charge is -2.39. The average molecular weight is 342 g/mol. The molecule has 1 saturated heterocycles. The van der Waals surface area contributed by atoms with Crippen molar-refractivity contribution < 1.29 is 9.53 Å². The van der Waals surface area contributed by atoms with Gasteiger partial charge in [-0.3, -0.25) is 4.98 Å². The van der Waals surface area contributed by atoms with Gasteiger partial charge >= 0.3 is 6.09 Å². The van der Waals surface area contributed by atoms with Gasteiger partial charge in [0, 0.05) is 48.1 Å². The highest BCUT2D eigenvalue weighted by Crippen LogP contribution is 2.35. The van der Waals surface area contributed by atoms with Crippen LogP contribution in [0.5, 0.6) is 0 Å². The lowest BCUT2D eigenvalue weighted by Crippen LogP contribution is -2.50. The first-order valence-electron chi connectivity index (χ1n) is 8.74. The smallest absolute Gasteiger partial charge is 0.410 e. The van der Waals surface area contributed by atoms with Gasteiger partial charge in [-0.15, -0.1) is 0 Å². The van der Waals surface area contributed by atoms with Crippen LogP contribution in [0.3, 0.4) is 0 Å². The fourth-order valence-electron chi connectivity index (χ4n) is 2.88. The topological polar surface area (TPSA) is 92.3 Å². The van der Waals surface area contributed by atoms with Crippen molar-refractivity contribution in [2.75, 3.05) is 13.1 Å². The Labute approximate surface area is 148 Å². The predicted octanol–water partition coefficient (Wildman–Crippen LogP) is 3.15. The Balaban J connectivity index is 1.65. The number of carbonyl (C=O) groups excluding carboxylic acids is 1. The largest absolute Gasteiger partial charge is 0.444 e. The van der Waals surface area contributed by atoms with Crippen molar-refractivity contribution in [1.29, 1.82) is 5.41 Å². The van der Waals surface area contributed by atoms with Crippen LogP contribution in [0.4, 0.5) is 4.79 Å². The van der Waals surface area contributed by atoms with E-state index in [-0.39, 0.29) is 12.0 Å². The number of ether oxygens (including phenoxy) is 1. The zero-order valence-electron chi connectivity index (χ0n) is 15.1. The van der Waals surface area contributed by atoms with Crippen molar-refractivity contribution in [2.24, 2.45) is 11.7 Å². The Morgan fingerprint density at radius 2 is 2.04 bits per heavy atom. The molecule has 2 heterocycles. The van der Waals surface area contributed by atoms with Gasteiger partial charge in [0.1, 0.15) is 5.60 Å². The third kappa shape index (κ3) is 4.00. The molecular formula is C19H26N4O2. The molecule has 2 fully saturated rings. The third-order valence-electron chi connectivity index (χ3n) is 4.44. The van der Waals surface area contributed by atoms with E-state index in [4.69, 9.17) is 20.9 Å². The lowest BCUT2D eigenvalue weighted by molar-refractivity contribution is 0.00787. The van der Waals surface area contributed by atoms with Gasteiger partial charge < -0.3 is 20.8 Å². The van der Waals surface area contributed by atoms with Gasteiger partial charge in [-0.25, -0.2) is 4.79 Å². The van der Waals surface area contributed by atoms with Crippen LogP contribution in [0.2, 0.25) is 0 Å². The van der Waals surface area contributed by atoms with Crippen molar-refractivity contribution in [2.45, 2.75) is 45.1 Å². The van der Waals surface area contributed by atoms with Crippen LogP contribution in [-0.4, -0.2) is 40.4 Å². The highest BCUT2D eigenvalue weighted by Gasteiger charge is 2.36. The molecule has 0 radical (unpaired) electrons. The lowest BCUT2D eigenvalue weighted by atomic mass is 9.95. The second-order valence-electron chi connectivity index (χ2n) is 7.80. The first kappa shape index (κ1) is 17.5. The number of hydrogen-bond acceptors (Lipinski definition) is 5. The van der Waals surface area contributed by atoms with E-state index < -0.39 is 5.60 Å². The molecule has 1 aromatic rings. The number of likely N-dealkylation sites (tertiary alicyclic amines) is 1. The minimum absolute atomic E-state index is 0.196. The number of allylic oxidation sites excluding steroid dienone is 1. The predicted molar refractivity (Wildman–Crippen MR) is 97.4 cm³/mol. The maximum atomic E-state index is 12.0. The van der Waals surface area contributed by atoms with Crippen molar-refractivity contribution in [3.8, 4) is 0 Å². The van der Waals surface area contributed by atoms with Gasteiger partial charge in [0.15, 0.2) is 0 Å². The van der Waals surface area contributed by atoms with Crippen molar-refractivity contribution >= 4 is 17.4 Å². The number of nitrogens with zero attached hydrogens (tertiary/aromatic N) is 2. The molecule has 3 rings (SSSR count).